The molecule has 134 valence electrons. The van der Waals surface area contributed by atoms with Crippen molar-refractivity contribution in [1.82, 2.24) is 10.3 Å². The number of pyridine rings is 1. The predicted molar refractivity (Wildman–Crippen MR) is 115 cm³/mol. The SMILES string of the molecule is CN1CCCc2cc(CN=C(N)NCCc3ccccn3)ccc21.I. The number of guanidine groups is 1. The van der Waals surface area contributed by atoms with Crippen LogP contribution in [0.25, 0.3) is 0 Å². The number of anilines is 1. The highest BCUT2D eigenvalue weighted by atomic mass is 127. The summed E-state index contributed by atoms with van der Waals surface area (Å²) < 4.78 is 0. The van der Waals surface area contributed by atoms with Crippen LogP contribution in [-0.4, -0.2) is 31.1 Å². The maximum atomic E-state index is 5.96. The van der Waals surface area contributed by atoms with Crippen molar-refractivity contribution in [3.8, 4) is 0 Å². The molecule has 0 spiro atoms. The molecular formula is C19H26IN5. The maximum absolute atomic E-state index is 5.96. The van der Waals surface area contributed by atoms with Crippen molar-refractivity contribution in [2.24, 2.45) is 10.7 Å². The summed E-state index contributed by atoms with van der Waals surface area (Å²) in [6, 6.07) is 12.5. The van der Waals surface area contributed by atoms with Crippen molar-refractivity contribution >= 4 is 35.6 Å². The lowest BCUT2D eigenvalue weighted by Gasteiger charge is -2.27. The van der Waals surface area contributed by atoms with E-state index in [1.54, 1.807) is 6.20 Å². The molecule has 2 aromatic rings. The Bertz CT molecular complexity index is 702. The number of hydrogen-bond donors (Lipinski definition) is 2. The summed E-state index contributed by atoms with van der Waals surface area (Å²) in [5.41, 5.74) is 11.0. The van der Waals surface area contributed by atoms with E-state index in [9.17, 15) is 0 Å². The fraction of sp³-hybridized carbons (Fsp3) is 0.368. The van der Waals surface area contributed by atoms with Gasteiger partial charge in [-0.3, -0.25) is 4.98 Å². The zero-order valence-electron chi connectivity index (χ0n) is 14.6. The van der Waals surface area contributed by atoms with Gasteiger partial charge < -0.3 is 16.0 Å². The molecule has 1 aliphatic rings. The zero-order valence-corrected chi connectivity index (χ0v) is 16.9. The summed E-state index contributed by atoms with van der Waals surface area (Å²) >= 11 is 0. The van der Waals surface area contributed by atoms with Crippen molar-refractivity contribution in [2.75, 3.05) is 25.0 Å². The average Bonchev–Trinajstić information content (AvgIpc) is 2.61. The van der Waals surface area contributed by atoms with Gasteiger partial charge in [-0.05, 0) is 42.2 Å². The molecule has 2 heterocycles. The Balaban J connectivity index is 0.00000225. The highest BCUT2D eigenvalue weighted by Gasteiger charge is 2.13. The molecule has 0 aliphatic carbocycles. The molecule has 0 unspecified atom stereocenters. The van der Waals surface area contributed by atoms with Gasteiger partial charge in [-0.15, -0.1) is 24.0 Å². The van der Waals surface area contributed by atoms with Crippen LogP contribution in [0.5, 0.6) is 0 Å². The van der Waals surface area contributed by atoms with Gasteiger partial charge in [-0.1, -0.05) is 18.2 Å². The lowest BCUT2D eigenvalue weighted by molar-refractivity contribution is 0.742. The molecule has 0 saturated carbocycles. The van der Waals surface area contributed by atoms with E-state index in [1.165, 1.54) is 23.2 Å². The normalized spacial score (nSPS) is 13.8. The summed E-state index contributed by atoms with van der Waals surface area (Å²) in [6.07, 6.45) is 5.00. The van der Waals surface area contributed by atoms with Crippen LogP contribution in [-0.2, 0) is 19.4 Å². The molecule has 0 saturated heterocycles. The Hall–Kier alpha value is -1.83. The molecule has 3 rings (SSSR count). The summed E-state index contributed by atoms with van der Waals surface area (Å²) in [6.45, 7) is 2.48. The van der Waals surface area contributed by atoms with E-state index in [4.69, 9.17) is 5.73 Å². The predicted octanol–water partition coefficient (Wildman–Crippen LogP) is 2.73. The second kappa shape index (κ2) is 9.60. The van der Waals surface area contributed by atoms with Gasteiger partial charge >= 0.3 is 0 Å². The minimum absolute atomic E-state index is 0. The summed E-state index contributed by atoms with van der Waals surface area (Å²) in [5.74, 6) is 0.487. The molecule has 3 N–H and O–H groups in total. The molecule has 0 amide bonds. The molecule has 25 heavy (non-hydrogen) atoms. The Morgan fingerprint density at radius 1 is 1.32 bits per heavy atom. The van der Waals surface area contributed by atoms with Crippen molar-refractivity contribution in [1.29, 1.82) is 0 Å². The topological polar surface area (TPSA) is 66.5 Å². The third-order valence-electron chi connectivity index (χ3n) is 4.34. The fourth-order valence-electron chi connectivity index (χ4n) is 3.03. The Labute approximate surface area is 166 Å². The van der Waals surface area contributed by atoms with E-state index in [0.717, 1.165) is 31.6 Å². The van der Waals surface area contributed by atoms with Crippen molar-refractivity contribution in [2.45, 2.75) is 25.8 Å². The molecule has 0 bridgehead atoms. The zero-order chi connectivity index (χ0) is 16.8. The molecule has 1 aromatic heterocycles. The number of nitrogens with one attached hydrogen (secondary N) is 1. The first kappa shape index (κ1) is 19.5. The molecule has 1 aliphatic heterocycles. The fourth-order valence-corrected chi connectivity index (χ4v) is 3.03. The molecule has 5 nitrogen and oxygen atoms in total. The van der Waals surface area contributed by atoms with Crippen LogP contribution in [0.3, 0.4) is 0 Å². The van der Waals surface area contributed by atoms with Crippen LogP contribution in [0, 0.1) is 0 Å². The van der Waals surface area contributed by atoms with Crippen LogP contribution in [0.2, 0.25) is 0 Å². The van der Waals surface area contributed by atoms with Gasteiger partial charge in [-0.25, -0.2) is 4.99 Å². The van der Waals surface area contributed by atoms with Gasteiger partial charge in [0, 0.05) is 44.1 Å². The third kappa shape index (κ3) is 5.59. The summed E-state index contributed by atoms with van der Waals surface area (Å²) in [5, 5.41) is 3.15. The number of nitrogens with zero attached hydrogens (tertiary/aromatic N) is 3. The highest BCUT2D eigenvalue weighted by Crippen LogP contribution is 2.26. The first-order chi connectivity index (χ1) is 11.7. The number of aliphatic imine (C=N–C) groups is 1. The second-order valence-electron chi connectivity index (χ2n) is 6.19. The Morgan fingerprint density at radius 2 is 2.20 bits per heavy atom. The number of halogens is 1. The van der Waals surface area contributed by atoms with E-state index in [1.807, 2.05) is 18.2 Å². The smallest absolute Gasteiger partial charge is 0.188 e. The lowest BCUT2D eigenvalue weighted by Crippen LogP contribution is -2.33. The van der Waals surface area contributed by atoms with Gasteiger partial charge in [0.1, 0.15) is 0 Å². The number of hydrogen-bond acceptors (Lipinski definition) is 3. The van der Waals surface area contributed by atoms with E-state index >= 15 is 0 Å². The van der Waals surface area contributed by atoms with Gasteiger partial charge in [0.15, 0.2) is 5.96 Å². The van der Waals surface area contributed by atoms with Crippen molar-refractivity contribution < 1.29 is 0 Å². The highest BCUT2D eigenvalue weighted by molar-refractivity contribution is 14.0. The Morgan fingerprint density at radius 3 is 3.00 bits per heavy atom. The number of aryl methyl sites for hydroxylation is 1. The maximum Gasteiger partial charge on any atom is 0.188 e. The van der Waals surface area contributed by atoms with Crippen LogP contribution in [0.4, 0.5) is 5.69 Å². The number of nitrogens with two attached hydrogens (primary N) is 1. The first-order valence-corrected chi connectivity index (χ1v) is 8.49. The van der Waals surface area contributed by atoms with Crippen LogP contribution in [0.1, 0.15) is 23.2 Å². The van der Waals surface area contributed by atoms with Gasteiger partial charge in [0.2, 0.25) is 0 Å². The lowest BCUT2D eigenvalue weighted by atomic mass is 10.00. The van der Waals surface area contributed by atoms with Gasteiger partial charge in [-0.2, -0.15) is 0 Å². The van der Waals surface area contributed by atoms with E-state index in [-0.39, 0.29) is 24.0 Å². The minimum Gasteiger partial charge on any atom is -0.374 e. The first-order valence-electron chi connectivity index (χ1n) is 8.49. The monoisotopic (exact) mass is 451 g/mol. The quantitative estimate of drug-likeness (QED) is 0.417. The van der Waals surface area contributed by atoms with Gasteiger partial charge in [0.05, 0.1) is 6.54 Å². The number of fused-ring (bicyclic) bond motifs is 1. The molecule has 1 aromatic carbocycles. The van der Waals surface area contributed by atoms with E-state index < -0.39 is 0 Å². The molecule has 0 fully saturated rings. The van der Waals surface area contributed by atoms with Gasteiger partial charge in [0.25, 0.3) is 0 Å². The second-order valence-corrected chi connectivity index (χ2v) is 6.19. The molecule has 6 heteroatoms. The van der Waals surface area contributed by atoms with Crippen molar-refractivity contribution in [3.05, 3.63) is 59.4 Å². The molecule has 0 atom stereocenters. The molecular weight excluding hydrogens is 425 g/mol. The van der Waals surface area contributed by atoms with E-state index in [0.29, 0.717) is 12.5 Å². The average molecular weight is 451 g/mol. The van der Waals surface area contributed by atoms with Crippen LogP contribution in [0.15, 0.2) is 47.6 Å². The van der Waals surface area contributed by atoms with Crippen LogP contribution < -0.4 is 16.0 Å². The largest absolute Gasteiger partial charge is 0.374 e. The molecule has 0 radical (unpaired) electrons. The number of rotatable bonds is 5. The summed E-state index contributed by atoms with van der Waals surface area (Å²) in [7, 11) is 2.15. The standard InChI is InChI=1S/C19H25N5.HI/c1-24-12-4-5-16-13-15(7-8-18(16)24)14-23-19(20)22-11-9-17-6-2-3-10-21-17;/h2-3,6-8,10,13H,4-5,9,11-12,14H2,1H3,(H3,20,22,23);1H. The number of aromatic nitrogens is 1. The number of benzene rings is 1. The van der Waals surface area contributed by atoms with E-state index in [2.05, 4.69) is 45.4 Å². The minimum atomic E-state index is 0. The van der Waals surface area contributed by atoms with Crippen LogP contribution >= 0.6 is 24.0 Å². The Kier molecular flexibility index (Phi) is 7.49. The van der Waals surface area contributed by atoms with Crippen molar-refractivity contribution in [3.63, 3.8) is 0 Å². The summed E-state index contributed by atoms with van der Waals surface area (Å²) in [4.78, 5) is 11.1. The third-order valence-corrected chi connectivity index (χ3v) is 4.34.